The summed E-state index contributed by atoms with van der Waals surface area (Å²) in [6.07, 6.45) is 2.50. The van der Waals surface area contributed by atoms with Crippen molar-refractivity contribution in [2.24, 2.45) is 0 Å². The Bertz CT molecular complexity index is 422. The van der Waals surface area contributed by atoms with Crippen LogP contribution in [-0.4, -0.2) is 34.1 Å². The predicted octanol–water partition coefficient (Wildman–Crippen LogP) is 3.06. The van der Waals surface area contributed by atoms with Crippen molar-refractivity contribution in [2.75, 3.05) is 23.7 Å². The average Bonchev–Trinajstić information content (AvgIpc) is 3.12. The lowest BCUT2D eigenvalue weighted by Crippen LogP contribution is -2.37. The number of anilines is 1. The fourth-order valence-corrected chi connectivity index (χ4v) is 3.54. The Morgan fingerprint density at radius 3 is 2.94 bits per heavy atom. The van der Waals surface area contributed by atoms with E-state index in [0.29, 0.717) is 11.2 Å². The Labute approximate surface area is 115 Å². The van der Waals surface area contributed by atoms with Gasteiger partial charge in [0.05, 0.1) is 0 Å². The molecule has 1 aliphatic heterocycles. The maximum atomic E-state index is 4.73. The first-order valence-corrected chi connectivity index (χ1v) is 7.97. The Morgan fingerprint density at radius 1 is 1.41 bits per heavy atom. The molecule has 1 aliphatic carbocycles. The fraction of sp³-hybridized carbons (Fsp3) is 0.667. The zero-order valence-electron chi connectivity index (χ0n) is 9.90. The van der Waals surface area contributed by atoms with E-state index in [0.717, 1.165) is 29.3 Å². The van der Waals surface area contributed by atoms with E-state index in [1.165, 1.54) is 18.6 Å². The van der Waals surface area contributed by atoms with E-state index in [1.54, 1.807) is 0 Å². The molecule has 2 fully saturated rings. The molecule has 0 bridgehead atoms. The number of thioether (sulfide) groups is 1. The lowest BCUT2D eigenvalue weighted by molar-refractivity contribution is 0.758. The summed E-state index contributed by atoms with van der Waals surface area (Å²) in [5, 5.41) is 0.696. The van der Waals surface area contributed by atoms with Crippen LogP contribution in [0.25, 0.3) is 0 Å². The number of nitrogens with zero attached hydrogens (tertiary/aromatic N) is 3. The van der Waals surface area contributed by atoms with E-state index in [-0.39, 0.29) is 0 Å². The van der Waals surface area contributed by atoms with E-state index < -0.39 is 0 Å². The van der Waals surface area contributed by atoms with Crippen molar-refractivity contribution in [1.29, 1.82) is 0 Å². The molecule has 3 rings (SSSR count). The average molecular weight is 314 g/mol. The molecule has 0 radical (unpaired) electrons. The van der Waals surface area contributed by atoms with Gasteiger partial charge in [-0.15, -0.1) is 0 Å². The van der Waals surface area contributed by atoms with Crippen molar-refractivity contribution in [1.82, 2.24) is 9.97 Å². The first kappa shape index (κ1) is 11.8. The fourth-order valence-electron chi connectivity index (χ4n) is 2.14. The summed E-state index contributed by atoms with van der Waals surface area (Å²) in [6, 6.07) is 2.05. The molecular weight excluding hydrogens is 298 g/mol. The molecule has 0 spiro atoms. The summed E-state index contributed by atoms with van der Waals surface area (Å²) in [6.45, 7) is 4.48. The quantitative estimate of drug-likeness (QED) is 0.785. The number of rotatable bonds is 2. The second-order valence-electron chi connectivity index (χ2n) is 4.81. The summed E-state index contributed by atoms with van der Waals surface area (Å²) >= 11 is 5.55. The third-order valence-corrected chi connectivity index (χ3v) is 4.75. The molecule has 92 valence electrons. The van der Waals surface area contributed by atoms with E-state index in [9.17, 15) is 0 Å². The van der Waals surface area contributed by atoms with Gasteiger partial charge in [-0.3, -0.25) is 0 Å². The smallest absolute Gasteiger partial charge is 0.135 e. The monoisotopic (exact) mass is 313 g/mol. The molecule has 3 nitrogen and oxygen atoms in total. The molecule has 0 amide bonds. The van der Waals surface area contributed by atoms with Gasteiger partial charge in [0.15, 0.2) is 0 Å². The van der Waals surface area contributed by atoms with Crippen LogP contribution in [0.15, 0.2) is 10.7 Å². The minimum absolute atomic E-state index is 0.614. The molecule has 0 aromatic carbocycles. The topological polar surface area (TPSA) is 29.0 Å². The summed E-state index contributed by atoms with van der Waals surface area (Å²) < 4.78 is 0.926. The van der Waals surface area contributed by atoms with Gasteiger partial charge >= 0.3 is 0 Å². The van der Waals surface area contributed by atoms with Crippen LogP contribution in [0.3, 0.4) is 0 Å². The minimum atomic E-state index is 0.614. The van der Waals surface area contributed by atoms with Gasteiger partial charge in [0.25, 0.3) is 0 Å². The standard InChI is InChI=1S/C12H16BrN3S/c1-8-7-16(4-5-17-8)11-6-10(13)14-12(15-11)9-2-3-9/h6,8-9H,2-5,7H2,1H3. The first-order valence-electron chi connectivity index (χ1n) is 6.13. The van der Waals surface area contributed by atoms with Crippen molar-refractivity contribution in [3.63, 3.8) is 0 Å². The van der Waals surface area contributed by atoms with Gasteiger partial charge in [0.2, 0.25) is 0 Å². The first-order chi connectivity index (χ1) is 8.22. The molecule has 2 heterocycles. The van der Waals surface area contributed by atoms with Crippen molar-refractivity contribution in [3.05, 3.63) is 16.5 Å². The molecule has 17 heavy (non-hydrogen) atoms. The zero-order chi connectivity index (χ0) is 11.8. The zero-order valence-corrected chi connectivity index (χ0v) is 12.3. The van der Waals surface area contributed by atoms with E-state index >= 15 is 0 Å². The summed E-state index contributed by atoms with van der Waals surface area (Å²) in [4.78, 5) is 11.6. The lowest BCUT2D eigenvalue weighted by Gasteiger charge is -2.31. The Balaban J connectivity index is 1.85. The highest BCUT2D eigenvalue weighted by atomic mass is 79.9. The van der Waals surface area contributed by atoms with Crippen molar-refractivity contribution in [2.45, 2.75) is 30.9 Å². The third-order valence-electron chi connectivity index (χ3n) is 3.21. The second kappa shape index (κ2) is 4.76. The number of hydrogen-bond acceptors (Lipinski definition) is 4. The van der Waals surface area contributed by atoms with E-state index in [2.05, 4.69) is 38.8 Å². The SMILES string of the molecule is CC1CN(c2cc(Br)nc(C3CC3)n2)CCS1. The largest absolute Gasteiger partial charge is 0.355 e. The van der Waals surface area contributed by atoms with Crippen LogP contribution < -0.4 is 4.90 Å². The molecule has 1 unspecified atom stereocenters. The van der Waals surface area contributed by atoms with Crippen LogP contribution in [-0.2, 0) is 0 Å². The number of hydrogen-bond donors (Lipinski definition) is 0. The maximum Gasteiger partial charge on any atom is 0.135 e. The van der Waals surface area contributed by atoms with Crippen LogP contribution in [0.1, 0.15) is 31.5 Å². The Morgan fingerprint density at radius 2 is 2.24 bits per heavy atom. The summed E-state index contributed by atoms with van der Waals surface area (Å²) in [5.74, 6) is 3.94. The van der Waals surface area contributed by atoms with Crippen LogP contribution in [0.5, 0.6) is 0 Å². The number of aromatic nitrogens is 2. The molecule has 0 N–H and O–H groups in total. The maximum absolute atomic E-state index is 4.73. The summed E-state index contributed by atoms with van der Waals surface area (Å²) in [5.41, 5.74) is 0. The minimum Gasteiger partial charge on any atom is -0.355 e. The molecule has 1 atom stereocenters. The molecule has 1 saturated heterocycles. The molecule has 2 aliphatic rings. The van der Waals surface area contributed by atoms with Gasteiger partial charge in [-0.1, -0.05) is 6.92 Å². The third kappa shape index (κ3) is 2.76. The highest BCUT2D eigenvalue weighted by Gasteiger charge is 2.28. The summed E-state index contributed by atoms with van der Waals surface area (Å²) in [7, 11) is 0. The van der Waals surface area contributed by atoms with Gasteiger partial charge in [0.1, 0.15) is 16.2 Å². The highest BCUT2D eigenvalue weighted by molar-refractivity contribution is 9.10. The van der Waals surface area contributed by atoms with Crippen LogP contribution in [0.2, 0.25) is 0 Å². The lowest BCUT2D eigenvalue weighted by atomic mass is 10.3. The van der Waals surface area contributed by atoms with Crippen molar-refractivity contribution < 1.29 is 0 Å². The van der Waals surface area contributed by atoms with Crippen LogP contribution in [0, 0.1) is 0 Å². The highest BCUT2D eigenvalue weighted by Crippen LogP contribution is 2.39. The van der Waals surface area contributed by atoms with Gasteiger partial charge in [-0.05, 0) is 28.8 Å². The van der Waals surface area contributed by atoms with Gasteiger partial charge < -0.3 is 4.90 Å². The van der Waals surface area contributed by atoms with Crippen molar-refractivity contribution >= 4 is 33.5 Å². The van der Waals surface area contributed by atoms with Gasteiger partial charge in [0, 0.05) is 36.1 Å². The van der Waals surface area contributed by atoms with E-state index in [1.807, 2.05) is 11.8 Å². The molecule has 5 heteroatoms. The predicted molar refractivity (Wildman–Crippen MR) is 75.8 cm³/mol. The van der Waals surface area contributed by atoms with Crippen LogP contribution in [0.4, 0.5) is 5.82 Å². The second-order valence-corrected chi connectivity index (χ2v) is 7.17. The molecule has 1 aromatic rings. The molecular formula is C12H16BrN3S. The van der Waals surface area contributed by atoms with E-state index in [4.69, 9.17) is 4.98 Å². The Kier molecular flexibility index (Phi) is 3.30. The molecule has 1 aromatic heterocycles. The van der Waals surface area contributed by atoms with Gasteiger partial charge in [-0.2, -0.15) is 11.8 Å². The van der Waals surface area contributed by atoms with Gasteiger partial charge in [-0.25, -0.2) is 9.97 Å². The number of halogens is 1. The Hall–Kier alpha value is -0.290. The molecule has 1 saturated carbocycles. The normalized spacial score (nSPS) is 25.1. The van der Waals surface area contributed by atoms with Crippen molar-refractivity contribution in [3.8, 4) is 0 Å². The van der Waals surface area contributed by atoms with Crippen LogP contribution >= 0.6 is 27.7 Å².